The van der Waals surface area contributed by atoms with E-state index in [0.717, 1.165) is 5.56 Å². The van der Waals surface area contributed by atoms with Crippen molar-refractivity contribution >= 4 is 28.6 Å². The fourth-order valence-corrected chi connectivity index (χ4v) is 3.37. The summed E-state index contributed by atoms with van der Waals surface area (Å²) in [5, 5.41) is 5.46. The lowest BCUT2D eigenvalue weighted by Gasteiger charge is -2.23. The molecule has 2 unspecified atom stereocenters. The Hall–Kier alpha value is -1.73. The summed E-state index contributed by atoms with van der Waals surface area (Å²) in [7, 11) is 1.55. The Bertz CT molecular complexity index is 571. The van der Waals surface area contributed by atoms with Crippen LogP contribution in [0, 0.1) is 0 Å². The van der Waals surface area contributed by atoms with Crippen LogP contribution in [0.5, 0.6) is 0 Å². The molecule has 2 N–H and O–H groups in total. The Kier molecular flexibility index (Phi) is 5.07. The fraction of sp³-hybridized carbons (Fsp3) is 0.500. The molecule has 6 nitrogen and oxygen atoms in total. The highest BCUT2D eigenvalue weighted by Crippen LogP contribution is 2.36. The lowest BCUT2D eigenvalue weighted by Crippen LogP contribution is -2.29. The van der Waals surface area contributed by atoms with Gasteiger partial charge in [-0.25, -0.2) is 5.01 Å². The average Bonchev–Trinajstić information content (AvgIpc) is 3.17. The van der Waals surface area contributed by atoms with E-state index in [1.165, 1.54) is 36.0 Å². The summed E-state index contributed by atoms with van der Waals surface area (Å²) >= 11 is 1.19. The summed E-state index contributed by atoms with van der Waals surface area (Å²) < 4.78 is 10.3. The van der Waals surface area contributed by atoms with Gasteiger partial charge in [-0.3, -0.25) is 4.79 Å². The van der Waals surface area contributed by atoms with Crippen LogP contribution in [0.4, 0.5) is 10.5 Å². The molecule has 1 aromatic carbocycles. The Morgan fingerprint density at radius 2 is 2.00 bits per heavy atom. The Morgan fingerprint density at radius 1 is 1.35 bits per heavy atom. The van der Waals surface area contributed by atoms with Crippen molar-refractivity contribution in [2.45, 2.75) is 38.0 Å². The van der Waals surface area contributed by atoms with Crippen LogP contribution in [0.3, 0.4) is 0 Å². The Balaban J connectivity index is 0.000000213. The number of anilines is 1. The molecule has 0 spiro atoms. The van der Waals surface area contributed by atoms with Gasteiger partial charge < -0.3 is 15.2 Å². The molecule has 1 aromatic rings. The van der Waals surface area contributed by atoms with E-state index in [4.69, 9.17) is 15.2 Å². The number of methoxy groups -OCH3 is 1. The van der Waals surface area contributed by atoms with Crippen molar-refractivity contribution in [3.05, 3.63) is 29.8 Å². The second-order valence-electron chi connectivity index (χ2n) is 5.74. The SMILES string of the molecule is C1CC2CC1O2.COC1=NN(Cc2ccc(N)cc2)C(=O)SC1. The van der Waals surface area contributed by atoms with Gasteiger partial charge in [-0.15, -0.1) is 5.10 Å². The van der Waals surface area contributed by atoms with E-state index >= 15 is 0 Å². The molecule has 1 aliphatic carbocycles. The number of carbonyl (C=O) groups excluding carboxylic acids is 1. The molecule has 2 atom stereocenters. The van der Waals surface area contributed by atoms with E-state index in [2.05, 4.69) is 5.10 Å². The van der Waals surface area contributed by atoms with E-state index < -0.39 is 0 Å². The van der Waals surface area contributed by atoms with Crippen molar-refractivity contribution in [2.24, 2.45) is 5.10 Å². The summed E-state index contributed by atoms with van der Waals surface area (Å²) in [6, 6.07) is 7.36. The van der Waals surface area contributed by atoms with Crippen LogP contribution in [0.15, 0.2) is 29.4 Å². The Labute approximate surface area is 140 Å². The number of ether oxygens (including phenoxy) is 2. The quantitative estimate of drug-likeness (QED) is 0.841. The maximum absolute atomic E-state index is 11.6. The van der Waals surface area contributed by atoms with Gasteiger partial charge in [-0.2, -0.15) is 0 Å². The molecule has 0 aromatic heterocycles. The first kappa shape index (κ1) is 16.1. The van der Waals surface area contributed by atoms with E-state index in [9.17, 15) is 4.79 Å². The van der Waals surface area contributed by atoms with Gasteiger partial charge in [0.25, 0.3) is 0 Å². The summed E-state index contributed by atoms with van der Waals surface area (Å²) in [4.78, 5) is 11.6. The number of thioether (sulfide) groups is 1. The maximum atomic E-state index is 11.6. The molecule has 3 aliphatic heterocycles. The molecule has 2 bridgehead atoms. The number of benzene rings is 1. The standard InChI is InChI=1S/C11H13N3O2S.C5H8O/c1-16-10-7-17-11(15)14(13-10)6-8-2-4-9(12)5-3-8;1-2-5-3-4(1)6-5/h2-5H,6-7,12H2,1H3;4-5H,1-3H2. The molecule has 5 rings (SSSR count). The highest BCUT2D eigenvalue weighted by molar-refractivity contribution is 8.14. The maximum Gasteiger partial charge on any atom is 0.302 e. The van der Waals surface area contributed by atoms with Crippen molar-refractivity contribution in [3.8, 4) is 0 Å². The third kappa shape index (κ3) is 4.17. The third-order valence-corrected chi connectivity index (χ3v) is 4.88. The van der Waals surface area contributed by atoms with Gasteiger partial charge in [0.15, 0.2) is 0 Å². The first-order valence-corrected chi connectivity index (χ1v) is 8.68. The summed E-state index contributed by atoms with van der Waals surface area (Å²) in [6.45, 7) is 0.430. The highest BCUT2D eigenvalue weighted by Gasteiger charge is 2.36. The molecule has 2 saturated heterocycles. The van der Waals surface area contributed by atoms with Crippen LogP contribution in [-0.2, 0) is 16.0 Å². The number of hydrazone groups is 1. The number of nitrogen functional groups attached to an aromatic ring is 1. The van der Waals surface area contributed by atoms with Crippen molar-refractivity contribution in [3.63, 3.8) is 0 Å². The second kappa shape index (κ2) is 7.23. The first-order valence-electron chi connectivity index (χ1n) is 7.69. The molecular formula is C16H21N3O3S. The zero-order valence-electron chi connectivity index (χ0n) is 13.1. The molecule has 0 radical (unpaired) electrons. The zero-order chi connectivity index (χ0) is 16.2. The number of hydrogen-bond acceptors (Lipinski definition) is 6. The molecule has 1 saturated carbocycles. The number of nitrogens with zero attached hydrogens (tertiary/aromatic N) is 2. The minimum absolute atomic E-state index is 0.0670. The van der Waals surface area contributed by atoms with Crippen LogP contribution >= 0.6 is 11.8 Å². The second-order valence-corrected chi connectivity index (χ2v) is 6.67. The number of rotatable bonds is 2. The minimum atomic E-state index is -0.0670. The van der Waals surface area contributed by atoms with Crippen LogP contribution in [0.2, 0.25) is 0 Å². The van der Waals surface area contributed by atoms with Gasteiger partial charge in [0, 0.05) is 5.69 Å². The molecule has 124 valence electrons. The normalized spacial score (nSPS) is 25.2. The lowest BCUT2D eigenvalue weighted by molar-refractivity contribution is -0.0647. The summed E-state index contributed by atoms with van der Waals surface area (Å²) in [5.41, 5.74) is 7.28. The van der Waals surface area contributed by atoms with Crippen molar-refractivity contribution in [2.75, 3.05) is 18.6 Å². The molecule has 23 heavy (non-hydrogen) atoms. The zero-order valence-corrected chi connectivity index (χ0v) is 13.9. The van der Waals surface area contributed by atoms with Crippen LogP contribution in [0.1, 0.15) is 24.8 Å². The van der Waals surface area contributed by atoms with Crippen molar-refractivity contribution in [1.29, 1.82) is 0 Å². The van der Waals surface area contributed by atoms with Crippen molar-refractivity contribution < 1.29 is 14.3 Å². The predicted octanol–water partition coefficient (Wildman–Crippen LogP) is 2.84. The largest absolute Gasteiger partial charge is 0.482 e. The number of amides is 1. The van der Waals surface area contributed by atoms with E-state index in [-0.39, 0.29) is 5.24 Å². The molecule has 3 heterocycles. The summed E-state index contributed by atoms with van der Waals surface area (Å²) in [6.07, 6.45) is 5.42. The molecule has 3 fully saturated rings. The van der Waals surface area contributed by atoms with Gasteiger partial charge >= 0.3 is 5.24 Å². The molecule has 4 aliphatic rings. The molecule has 1 amide bonds. The van der Waals surface area contributed by atoms with Gasteiger partial charge in [-0.1, -0.05) is 23.9 Å². The van der Waals surface area contributed by atoms with Crippen LogP contribution in [0.25, 0.3) is 0 Å². The fourth-order valence-electron chi connectivity index (χ4n) is 2.70. The van der Waals surface area contributed by atoms with Crippen molar-refractivity contribution in [1.82, 2.24) is 5.01 Å². The molecular weight excluding hydrogens is 314 g/mol. The number of carbonyl (C=O) groups is 1. The number of hydrogen-bond donors (Lipinski definition) is 1. The third-order valence-electron chi connectivity index (χ3n) is 4.03. The van der Waals surface area contributed by atoms with Gasteiger partial charge in [0.1, 0.15) is 0 Å². The lowest BCUT2D eigenvalue weighted by atomic mass is 10.2. The van der Waals surface area contributed by atoms with Gasteiger partial charge in [0.2, 0.25) is 5.90 Å². The van der Waals surface area contributed by atoms with Crippen LogP contribution < -0.4 is 5.73 Å². The van der Waals surface area contributed by atoms with Gasteiger partial charge in [0.05, 0.1) is 31.6 Å². The minimum Gasteiger partial charge on any atom is -0.482 e. The molecule has 7 heteroatoms. The van der Waals surface area contributed by atoms with E-state index in [1.807, 2.05) is 12.1 Å². The van der Waals surface area contributed by atoms with Gasteiger partial charge in [-0.05, 0) is 37.0 Å². The average molecular weight is 335 g/mol. The number of fused-ring (bicyclic) bond motifs is 1. The Morgan fingerprint density at radius 3 is 2.52 bits per heavy atom. The van der Waals surface area contributed by atoms with E-state index in [0.29, 0.717) is 36.1 Å². The van der Waals surface area contributed by atoms with Crippen LogP contribution in [-0.4, -0.2) is 41.2 Å². The predicted molar refractivity (Wildman–Crippen MR) is 91.2 cm³/mol. The first-order chi connectivity index (χ1) is 11.1. The monoisotopic (exact) mass is 335 g/mol. The highest BCUT2D eigenvalue weighted by atomic mass is 32.2. The smallest absolute Gasteiger partial charge is 0.302 e. The number of nitrogens with two attached hydrogens (primary N) is 1. The topological polar surface area (TPSA) is 77.2 Å². The summed E-state index contributed by atoms with van der Waals surface area (Å²) in [5.74, 6) is 1.05. The van der Waals surface area contributed by atoms with E-state index in [1.54, 1.807) is 19.2 Å².